The summed E-state index contributed by atoms with van der Waals surface area (Å²) in [5, 5.41) is 15.4. The molecule has 0 aliphatic carbocycles. The predicted octanol–water partition coefficient (Wildman–Crippen LogP) is 5.15. The highest BCUT2D eigenvalue weighted by molar-refractivity contribution is 6.04. The number of aromatic nitrogens is 4. The summed E-state index contributed by atoms with van der Waals surface area (Å²) in [6.07, 6.45) is 3.56. The number of aryl methyl sites for hydroxylation is 1. The number of rotatable bonds is 5. The number of anilines is 1. The first-order chi connectivity index (χ1) is 15.7. The van der Waals surface area contributed by atoms with Gasteiger partial charge in [-0.2, -0.15) is 5.10 Å². The number of nitrogens with zero attached hydrogens (tertiary/aromatic N) is 4. The lowest BCUT2D eigenvalue weighted by Crippen LogP contribution is -2.12. The van der Waals surface area contributed by atoms with Crippen LogP contribution in [0.25, 0.3) is 28.6 Å². The van der Waals surface area contributed by atoms with Crippen LogP contribution in [-0.4, -0.2) is 25.9 Å². The van der Waals surface area contributed by atoms with Crippen molar-refractivity contribution in [3.8, 4) is 28.6 Å². The molecule has 0 bridgehead atoms. The Kier molecular flexibility index (Phi) is 5.05. The highest BCUT2D eigenvalue weighted by Gasteiger charge is 2.12. The van der Waals surface area contributed by atoms with E-state index < -0.39 is 0 Å². The van der Waals surface area contributed by atoms with Crippen LogP contribution in [0.1, 0.15) is 15.9 Å². The molecule has 0 unspecified atom stereocenters. The first kappa shape index (κ1) is 19.4. The molecular weight excluding hydrogens is 402 g/mol. The van der Waals surface area contributed by atoms with Gasteiger partial charge < -0.3 is 9.73 Å². The van der Waals surface area contributed by atoms with Gasteiger partial charge in [0.15, 0.2) is 0 Å². The maximum atomic E-state index is 12.7. The van der Waals surface area contributed by atoms with Gasteiger partial charge in [-0.3, -0.25) is 4.79 Å². The smallest absolute Gasteiger partial charge is 0.255 e. The molecule has 5 aromatic rings. The predicted molar refractivity (Wildman–Crippen MR) is 121 cm³/mol. The summed E-state index contributed by atoms with van der Waals surface area (Å²) in [7, 11) is 0. The number of carbonyl (C=O) groups is 1. The summed E-state index contributed by atoms with van der Waals surface area (Å²) in [6, 6.07) is 24.3. The Morgan fingerprint density at radius 3 is 2.41 bits per heavy atom. The molecule has 0 radical (unpaired) electrons. The third-order valence-electron chi connectivity index (χ3n) is 4.96. The first-order valence-corrected chi connectivity index (χ1v) is 10.1. The second-order valence-electron chi connectivity index (χ2n) is 7.31. The summed E-state index contributed by atoms with van der Waals surface area (Å²) < 4.78 is 7.56. The molecule has 7 heteroatoms. The van der Waals surface area contributed by atoms with Crippen LogP contribution in [0.5, 0.6) is 0 Å². The molecule has 32 heavy (non-hydrogen) atoms. The topological polar surface area (TPSA) is 85.8 Å². The average Bonchev–Trinajstić information content (AvgIpc) is 3.52. The molecular formula is C25H19N5O2. The van der Waals surface area contributed by atoms with E-state index in [1.165, 1.54) is 0 Å². The van der Waals surface area contributed by atoms with Crippen molar-refractivity contribution in [2.75, 3.05) is 5.32 Å². The van der Waals surface area contributed by atoms with Gasteiger partial charge in [0, 0.05) is 34.8 Å². The number of benzene rings is 3. The van der Waals surface area contributed by atoms with Gasteiger partial charge in [0.05, 0.1) is 5.69 Å². The second-order valence-corrected chi connectivity index (χ2v) is 7.31. The second kappa shape index (κ2) is 8.31. The summed E-state index contributed by atoms with van der Waals surface area (Å²) in [4.78, 5) is 12.7. The van der Waals surface area contributed by atoms with Crippen molar-refractivity contribution >= 4 is 11.6 Å². The molecule has 3 aromatic carbocycles. The largest absolute Gasteiger partial charge is 0.416 e. The van der Waals surface area contributed by atoms with Gasteiger partial charge in [0.2, 0.25) is 11.8 Å². The molecule has 0 saturated carbocycles. The average molecular weight is 421 g/mol. The normalized spacial score (nSPS) is 10.8. The number of nitrogens with one attached hydrogen (secondary N) is 1. The molecule has 1 amide bonds. The minimum absolute atomic E-state index is 0.208. The van der Waals surface area contributed by atoms with Crippen LogP contribution in [0.2, 0.25) is 0 Å². The van der Waals surface area contributed by atoms with E-state index in [4.69, 9.17) is 4.42 Å². The summed E-state index contributed by atoms with van der Waals surface area (Å²) >= 11 is 0. The van der Waals surface area contributed by atoms with Gasteiger partial charge in [-0.25, -0.2) is 4.68 Å². The quantitative estimate of drug-likeness (QED) is 0.424. The van der Waals surface area contributed by atoms with Crippen molar-refractivity contribution in [1.82, 2.24) is 20.0 Å². The number of amides is 1. The molecule has 2 aromatic heterocycles. The minimum Gasteiger partial charge on any atom is -0.416 e. The van der Waals surface area contributed by atoms with E-state index >= 15 is 0 Å². The Labute approximate surface area is 184 Å². The van der Waals surface area contributed by atoms with Gasteiger partial charge in [-0.1, -0.05) is 23.8 Å². The molecule has 0 aliphatic rings. The zero-order valence-electron chi connectivity index (χ0n) is 17.3. The lowest BCUT2D eigenvalue weighted by Gasteiger charge is -2.08. The zero-order chi connectivity index (χ0) is 21.9. The SMILES string of the molecule is Cc1cccc(-c2nnc(-c3ccc(C(=O)Nc4cccc(-n5cccn5)c4)cc3)o2)c1. The van der Waals surface area contributed by atoms with E-state index in [-0.39, 0.29) is 5.91 Å². The molecule has 1 N–H and O–H groups in total. The molecule has 0 atom stereocenters. The third-order valence-corrected chi connectivity index (χ3v) is 4.96. The fraction of sp³-hybridized carbons (Fsp3) is 0.0400. The van der Waals surface area contributed by atoms with Crippen molar-refractivity contribution in [2.45, 2.75) is 6.92 Å². The molecule has 0 aliphatic heterocycles. The van der Waals surface area contributed by atoms with Crippen LogP contribution in [0.4, 0.5) is 5.69 Å². The van der Waals surface area contributed by atoms with Crippen molar-refractivity contribution < 1.29 is 9.21 Å². The Bertz CT molecular complexity index is 1370. The van der Waals surface area contributed by atoms with E-state index in [9.17, 15) is 4.79 Å². The lowest BCUT2D eigenvalue weighted by molar-refractivity contribution is 0.102. The summed E-state index contributed by atoms with van der Waals surface area (Å²) in [5.74, 6) is 0.656. The zero-order valence-corrected chi connectivity index (χ0v) is 17.3. The first-order valence-electron chi connectivity index (χ1n) is 10.1. The Hall–Kier alpha value is -4.52. The van der Waals surface area contributed by atoms with Gasteiger partial charge in [-0.05, 0) is 67.6 Å². The lowest BCUT2D eigenvalue weighted by atomic mass is 10.1. The Morgan fingerprint density at radius 1 is 0.875 bits per heavy atom. The molecule has 7 nitrogen and oxygen atoms in total. The fourth-order valence-electron chi connectivity index (χ4n) is 3.35. The maximum absolute atomic E-state index is 12.7. The van der Waals surface area contributed by atoms with Crippen molar-refractivity contribution in [2.24, 2.45) is 0 Å². The number of hydrogen-bond donors (Lipinski definition) is 1. The maximum Gasteiger partial charge on any atom is 0.255 e. The fourth-order valence-corrected chi connectivity index (χ4v) is 3.35. The highest BCUT2D eigenvalue weighted by Crippen LogP contribution is 2.25. The van der Waals surface area contributed by atoms with Crippen molar-refractivity contribution in [1.29, 1.82) is 0 Å². The molecule has 0 saturated heterocycles. The molecule has 0 spiro atoms. The number of hydrogen-bond acceptors (Lipinski definition) is 5. The molecule has 5 rings (SSSR count). The van der Waals surface area contributed by atoms with E-state index in [1.54, 1.807) is 35.1 Å². The molecule has 2 heterocycles. The van der Waals surface area contributed by atoms with E-state index in [1.807, 2.05) is 67.7 Å². The van der Waals surface area contributed by atoms with E-state index in [0.29, 0.717) is 23.0 Å². The van der Waals surface area contributed by atoms with Gasteiger partial charge in [0.25, 0.3) is 5.91 Å². The Balaban J connectivity index is 1.31. The molecule has 0 fully saturated rings. The van der Waals surface area contributed by atoms with E-state index in [0.717, 1.165) is 22.4 Å². The monoisotopic (exact) mass is 421 g/mol. The van der Waals surface area contributed by atoms with Crippen LogP contribution in [0.3, 0.4) is 0 Å². The van der Waals surface area contributed by atoms with Gasteiger partial charge in [-0.15, -0.1) is 10.2 Å². The summed E-state index contributed by atoms with van der Waals surface area (Å²) in [6.45, 7) is 2.01. The standard InChI is InChI=1S/C25H19N5O2/c1-17-5-2-6-20(15-17)25-29-28-24(32-25)19-11-9-18(10-12-19)23(31)27-21-7-3-8-22(16-21)30-14-4-13-26-30/h2-16H,1H3,(H,27,31). The van der Waals surface area contributed by atoms with Gasteiger partial charge >= 0.3 is 0 Å². The van der Waals surface area contributed by atoms with Gasteiger partial charge in [0.1, 0.15) is 0 Å². The minimum atomic E-state index is -0.208. The third kappa shape index (κ3) is 4.04. The van der Waals surface area contributed by atoms with Crippen LogP contribution < -0.4 is 5.32 Å². The number of carbonyl (C=O) groups excluding carboxylic acids is 1. The van der Waals surface area contributed by atoms with E-state index in [2.05, 4.69) is 20.6 Å². The van der Waals surface area contributed by atoms with Crippen LogP contribution in [-0.2, 0) is 0 Å². The molecule has 156 valence electrons. The highest BCUT2D eigenvalue weighted by atomic mass is 16.4. The van der Waals surface area contributed by atoms with Crippen LogP contribution in [0, 0.1) is 6.92 Å². The van der Waals surface area contributed by atoms with Crippen molar-refractivity contribution in [3.05, 3.63) is 102 Å². The Morgan fingerprint density at radius 2 is 1.66 bits per heavy atom. The van der Waals surface area contributed by atoms with Crippen LogP contribution in [0.15, 0.2) is 95.7 Å². The van der Waals surface area contributed by atoms with Crippen LogP contribution >= 0.6 is 0 Å². The van der Waals surface area contributed by atoms with Crippen molar-refractivity contribution in [3.63, 3.8) is 0 Å². The summed E-state index contributed by atoms with van der Waals surface area (Å²) in [5.41, 5.74) is 4.81.